The van der Waals surface area contributed by atoms with Crippen molar-refractivity contribution >= 4 is 0 Å². The molecule has 2 atom stereocenters. The van der Waals surface area contributed by atoms with Crippen molar-refractivity contribution in [3.8, 4) is 36.0 Å². The number of rotatable bonds is 7. The van der Waals surface area contributed by atoms with Gasteiger partial charge in [0, 0.05) is 31.1 Å². The van der Waals surface area contributed by atoms with Gasteiger partial charge < -0.3 is 0 Å². The van der Waals surface area contributed by atoms with E-state index in [-0.39, 0.29) is 0 Å². The summed E-state index contributed by atoms with van der Waals surface area (Å²) in [6, 6.07) is 0. The van der Waals surface area contributed by atoms with E-state index in [2.05, 4.69) is 50.4 Å². The summed E-state index contributed by atoms with van der Waals surface area (Å²) in [6.45, 7) is 6.53. The number of hydrogen-bond acceptors (Lipinski definition) is 0. The molecule has 0 rings (SSSR count). The van der Waals surface area contributed by atoms with Gasteiger partial charge >= 0.3 is 0 Å². The Bertz CT molecular complexity index is 361. The van der Waals surface area contributed by atoms with Crippen LogP contribution in [0.1, 0.15) is 72.1 Å². The Balaban J connectivity index is 4.26. The molecule has 0 bridgehead atoms. The Morgan fingerprint density at radius 2 is 1.79 bits per heavy atom. The lowest BCUT2D eigenvalue weighted by Gasteiger charge is -2.06. The predicted octanol–water partition coefficient (Wildman–Crippen LogP) is 5.04. The minimum atomic E-state index is 0.427. The van der Waals surface area contributed by atoms with Crippen LogP contribution in [-0.4, -0.2) is 0 Å². The molecular formula is C19H28. The molecule has 0 spiro atoms. The Morgan fingerprint density at radius 1 is 1.00 bits per heavy atom. The van der Waals surface area contributed by atoms with Crippen molar-refractivity contribution in [1.82, 2.24) is 0 Å². The monoisotopic (exact) mass is 256 g/mol. The van der Waals surface area contributed by atoms with Crippen molar-refractivity contribution in [2.45, 2.75) is 72.1 Å². The summed E-state index contributed by atoms with van der Waals surface area (Å²) in [5.41, 5.74) is 0. The molecule has 0 N–H and O–H groups in total. The molecule has 2 unspecified atom stereocenters. The first kappa shape index (κ1) is 17.7. The molecule has 0 nitrogen and oxygen atoms in total. The zero-order valence-electron chi connectivity index (χ0n) is 12.9. The summed E-state index contributed by atoms with van der Waals surface area (Å²) >= 11 is 0. The van der Waals surface area contributed by atoms with Gasteiger partial charge in [-0.1, -0.05) is 39.0 Å². The second-order valence-electron chi connectivity index (χ2n) is 5.05. The summed E-state index contributed by atoms with van der Waals surface area (Å²) in [5.74, 6) is 16.9. The lowest BCUT2D eigenvalue weighted by molar-refractivity contribution is 0.571. The molecule has 0 radical (unpaired) electrons. The molecule has 0 heteroatoms. The van der Waals surface area contributed by atoms with Crippen LogP contribution < -0.4 is 0 Å². The third kappa shape index (κ3) is 11.5. The first-order valence-electron chi connectivity index (χ1n) is 7.64. The van der Waals surface area contributed by atoms with E-state index in [4.69, 9.17) is 6.42 Å². The van der Waals surface area contributed by atoms with Gasteiger partial charge in [-0.05, 0) is 25.7 Å². The van der Waals surface area contributed by atoms with Gasteiger partial charge in [-0.25, -0.2) is 0 Å². The number of hydrogen-bond donors (Lipinski definition) is 0. The smallest absolute Gasteiger partial charge is 0.0312 e. The number of terminal acetylenes is 1. The third-order valence-corrected chi connectivity index (χ3v) is 3.12. The molecule has 0 heterocycles. The number of unbranched alkanes of at least 4 members (excludes halogenated alkanes) is 3. The van der Waals surface area contributed by atoms with E-state index in [1.54, 1.807) is 0 Å². The van der Waals surface area contributed by atoms with E-state index in [9.17, 15) is 0 Å². The highest BCUT2D eigenvalue weighted by molar-refractivity contribution is 5.11. The van der Waals surface area contributed by atoms with Crippen LogP contribution in [-0.2, 0) is 0 Å². The largest absolute Gasteiger partial charge is 0.120 e. The highest BCUT2D eigenvalue weighted by Crippen LogP contribution is 2.13. The van der Waals surface area contributed by atoms with E-state index < -0.39 is 0 Å². The van der Waals surface area contributed by atoms with E-state index in [1.165, 1.54) is 6.42 Å². The maximum absolute atomic E-state index is 5.28. The highest BCUT2D eigenvalue weighted by atomic mass is 14.1. The van der Waals surface area contributed by atoms with Crippen molar-refractivity contribution in [3.63, 3.8) is 0 Å². The summed E-state index contributed by atoms with van der Waals surface area (Å²) in [6.07, 6.45) is 13.7. The zero-order valence-corrected chi connectivity index (χ0v) is 12.9. The molecule has 0 aromatic rings. The second-order valence-corrected chi connectivity index (χ2v) is 5.05. The zero-order chi connectivity index (χ0) is 14.3. The molecule has 0 aromatic carbocycles. The molecule has 0 aliphatic rings. The van der Waals surface area contributed by atoms with Gasteiger partial charge in [-0.15, -0.1) is 24.2 Å². The van der Waals surface area contributed by atoms with Crippen LogP contribution in [0.2, 0.25) is 0 Å². The SMILES string of the molecule is C#CCCCCC(C#CC(C)CC)CC#CCCC. The Morgan fingerprint density at radius 3 is 2.42 bits per heavy atom. The van der Waals surface area contributed by atoms with Gasteiger partial charge in [0.2, 0.25) is 0 Å². The maximum Gasteiger partial charge on any atom is 0.0312 e. The molecule has 19 heavy (non-hydrogen) atoms. The summed E-state index contributed by atoms with van der Waals surface area (Å²) in [7, 11) is 0. The van der Waals surface area contributed by atoms with Crippen molar-refractivity contribution in [1.29, 1.82) is 0 Å². The fourth-order valence-corrected chi connectivity index (χ4v) is 1.61. The molecule has 0 saturated carbocycles. The lowest BCUT2D eigenvalue weighted by atomic mass is 9.97. The molecule has 0 saturated heterocycles. The molecule has 0 fully saturated rings. The molecule has 0 aliphatic heterocycles. The van der Waals surface area contributed by atoms with Crippen molar-refractivity contribution in [2.75, 3.05) is 0 Å². The average Bonchev–Trinajstić information content (AvgIpc) is 2.44. The average molecular weight is 256 g/mol. The topological polar surface area (TPSA) is 0 Å². The normalized spacial score (nSPS) is 12.3. The van der Waals surface area contributed by atoms with Gasteiger partial charge in [0.25, 0.3) is 0 Å². The van der Waals surface area contributed by atoms with E-state index in [1.807, 2.05) is 0 Å². The molecule has 104 valence electrons. The summed E-state index contributed by atoms with van der Waals surface area (Å²) < 4.78 is 0. The van der Waals surface area contributed by atoms with Gasteiger partial charge in [0.05, 0.1) is 0 Å². The summed E-state index contributed by atoms with van der Waals surface area (Å²) in [5, 5.41) is 0. The predicted molar refractivity (Wildman–Crippen MR) is 85.3 cm³/mol. The van der Waals surface area contributed by atoms with Gasteiger partial charge in [-0.2, -0.15) is 0 Å². The third-order valence-electron chi connectivity index (χ3n) is 3.12. The first-order valence-corrected chi connectivity index (χ1v) is 7.64. The van der Waals surface area contributed by atoms with Gasteiger partial charge in [0.1, 0.15) is 0 Å². The van der Waals surface area contributed by atoms with Crippen LogP contribution in [0.3, 0.4) is 0 Å². The van der Waals surface area contributed by atoms with Gasteiger partial charge in [0.15, 0.2) is 0 Å². The highest BCUT2D eigenvalue weighted by Gasteiger charge is 2.03. The standard InChI is InChI=1S/C19H28/c1-5-8-10-12-14-19(15-13-11-9-6-2)17-16-18(4)7-3/h1,18-19H,6-10,12,14-15H2,2-4H3. The first-order chi connectivity index (χ1) is 9.24. The lowest BCUT2D eigenvalue weighted by Crippen LogP contribution is -1.98. The fourth-order valence-electron chi connectivity index (χ4n) is 1.61. The van der Waals surface area contributed by atoms with Crippen LogP contribution in [0.15, 0.2) is 0 Å². The minimum Gasteiger partial charge on any atom is -0.120 e. The van der Waals surface area contributed by atoms with E-state index in [0.717, 1.165) is 44.9 Å². The van der Waals surface area contributed by atoms with Crippen LogP contribution in [0.4, 0.5) is 0 Å². The van der Waals surface area contributed by atoms with E-state index in [0.29, 0.717) is 11.8 Å². The Labute approximate surface area is 120 Å². The van der Waals surface area contributed by atoms with Crippen molar-refractivity contribution < 1.29 is 0 Å². The van der Waals surface area contributed by atoms with Crippen LogP contribution in [0.5, 0.6) is 0 Å². The Kier molecular flexibility index (Phi) is 12.2. The molecular weight excluding hydrogens is 228 g/mol. The quantitative estimate of drug-likeness (QED) is 0.442. The molecule has 0 amide bonds. The van der Waals surface area contributed by atoms with Crippen LogP contribution >= 0.6 is 0 Å². The van der Waals surface area contributed by atoms with Crippen molar-refractivity contribution in [2.24, 2.45) is 11.8 Å². The minimum absolute atomic E-state index is 0.427. The Hall–Kier alpha value is -1.32. The summed E-state index contributed by atoms with van der Waals surface area (Å²) in [4.78, 5) is 0. The van der Waals surface area contributed by atoms with E-state index >= 15 is 0 Å². The van der Waals surface area contributed by atoms with Crippen LogP contribution in [0, 0.1) is 47.9 Å². The van der Waals surface area contributed by atoms with Crippen LogP contribution in [0.25, 0.3) is 0 Å². The molecule has 0 aromatic heterocycles. The fraction of sp³-hybridized carbons (Fsp3) is 0.684. The second kappa shape index (κ2) is 13.1. The van der Waals surface area contributed by atoms with Crippen molar-refractivity contribution in [3.05, 3.63) is 0 Å². The van der Waals surface area contributed by atoms with Gasteiger partial charge in [-0.3, -0.25) is 0 Å². The molecule has 0 aliphatic carbocycles. The maximum atomic E-state index is 5.28.